The molecule has 0 atom stereocenters. The minimum atomic E-state index is 1.04. The number of hydrogen-bond acceptors (Lipinski definition) is 0. The summed E-state index contributed by atoms with van der Waals surface area (Å²) in [5.74, 6) is 13.6. The van der Waals surface area contributed by atoms with E-state index in [-0.39, 0.29) is 0 Å². The van der Waals surface area contributed by atoms with Crippen LogP contribution in [0, 0.1) is 37.5 Å². The van der Waals surface area contributed by atoms with Crippen LogP contribution in [-0.2, 0) is 0 Å². The molecular weight excluding hydrogens is 480 g/mol. The summed E-state index contributed by atoms with van der Waals surface area (Å²) in [4.78, 5) is 0. The maximum atomic E-state index is 3.55. The van der Waals surface area contributed by atoms with Crippen molar-refractivity contribution in [3.8, 4) is 57.1 Å². The van der Waals surface area contributed by atoms with Gasteiger partial charge < -0.3 is 0 Å². The topological polar surface area (TPSA) is 0 Å². The van der Waals surface area contributed by atoms with E-state index in [0.29, 0.717) is 0 Å². The van der Waals surface area contributed by atoms with Crippen molar-refractivity contribution in [1.29, 1.82) is 0 Å². The third-order valence-corrected chi connectivity index (χ3v) is 7.57. The van der Waals surface area contributed by atoms with Crippen molar-refractivity contribution in [2.75, 3.05) is 0 Å². The molecule has 0 aliphatic rings. The first-order chi connectivity index (χ1) is 19.6. The fourth-order valence-electron chi connectivity index (χ4n) is 5.65. The van der Waals surface area contributed by atoms with Gasteiger partial charge in [0.1, 0.15) is 0 Å². The van der Waals surface area contributed by atoms with Crippen LogP contribution in [0.5, 0.6) is 0 Å². The van der Waals surface area contributed by atoms with Crippen LogP contribution in [0.2, 0.25) is 0 Å². The predicted octanol–water partition coefficient (Wildman–Crippen LogP) is 10.4. The number of aryl methyl sites for hydroxylation is 2. The molecule has 0 heteroatoms. The van der Waals surface area contributed by atoms with Gasteiger partial charge in [-0.1, -0.05) is 120 Å². The van der Waals surface area contributed by atoms with E-state index in [1.165, 1.54) is 32.7 Å². The molecule has 0 saturated carbocycles. The maximum absolute atomic E-state index is 3.55. The SMILES string of the molecule is CC#Cc1c(-c2ccc(C)cc2)cc2ccccc2c1-c1c(C#CC)c(-c2ccc(C)cc2)cc2ccccc12. The zero-order valence-corrected chi connectivity index (χ0v) is 23.4. The quantitative estimate of drug-likeness (QED) is 0.208. The highest BCUT2D eigenvalue weighted by atomic mass is 14.2. The first kappa shape index (κ1) is 25.2. The van der Waals surface area contributed by atoms with Crippen LogP contribution in [0.15, 0.2) is 109 Å². The summed E-state index contributed by atoms with van der Waals surface area (Å²) in [6, 6.07) is 39.4. The first-order valence-corrected chi connectivity index (χ1v) is 13.7. The Morgan fingerprint density at radius 1 is 0.450 bits per heavy atom. The van der Waals surface area contributed by atoms with E-state index in [1.54, 1.807) is 0 Å². The average Bonchev–Trinajstić information content (AvgIpc) is 2.98. The molecule has 0 aromatic heterocycles. The summed E-state index contributed by atoms with van der Waals surface area (Å²) in [6.45, 7) is 8.10. The second kappa shape index (κ2) is 10.6. The van der Waals surface area contributed by atoms with Gasteiger partial charge in [0.25, 0.3) is 0 Å². The fourth-order valence-corrected chi connectivity index (χ4v) is 5.65. The highest BCUT2D eigenvalue weighted by Crippen LogP contribution is 2.45. The van der Waals surface area contributed by atoms with Gasteiger partial charge in [-0.25, -0.2) is 0 Å². The van der Waals surface area contributed by atoms with E-state index in [9.17, 15) is 0 Å². The second-order valence-electron chi connectivity index (χ2n) is 10.3. The van der Waals surface area contributed by atoms with Gasteiger partial charge in [-0.05, 0) is 83.6 Å². The van der Waals surface area contributed by atoms with Gasteiger partial charge in [-0.15, -0.1) is 11.8 Å². The van der Waals surface area contributed by atoms with Crippen molar-refractivity contribution < 1.29 is 0 Å². The van der Waals surface area contributed by atoms with Crippen LogP contribution in [-0.4, -0.2) is 0 Å². The van der Waals surface area contributed by atoms with E-state index in [2.05, 4.69) is 147 Å². The van der Waals surface area contributed by atoms with E-state index < -0.39 is 0 Å². The molecule has 0 fully saturated rings. The van der Waals surface area contributed by atoms with Gasteiger partial charge in [-0.2, -0.15) is 0 Å². The Labute approximate surface area is 237 Å². The molecule has 0 heterocycles. The lowest BCUT2D eigenvalue weighted by molar-refractivity contribution is 1.46. The molecule has 6 rings (SSSR count). The monoisotopic (exact) mass is 510 g/mol. The van der Waals surface area contributed by atoms with Gasteiger partial charge in [0, 0.05) is 22.3 Å². The van der Waals surface area contributed by atoms with Crippen molar-refractivity contribution in [2.24, 2.45) is 0 Å². The average molecular weight is 511 g/mol. The van der Waals surface area contributed by atoms with E-state index in [1.807, 2.05) is 13.8 Å². The van der Waals surface area contributed by atoms with Crippen molar-refractivity contribution >= 4 is 21.5 Å². The van der Waals surface area contributed by atoms with E-state index in [0.717, 1.165) is 44.5 Å². The molecule has 0 saturated heterocycles. The minimum Gasteiger partial charge on any atom is -0.101 e. The van der Waals surface area contributed by atoms with Crippen molar-refractivity contribution in [2.45, 2.75) is 27.7 Å². The summed E-state index contributed by atoms with van der Waals surface area (Å²) in [6.07, 6.45) is 0. The zero-order chi connectivity index (χ0) is 27.6. The lowest BCUT2D eigenvalue weighted by Gasteiger charge is -2.21. The molecule has 0 aliphatic carbocycles. The Morgan fingerprint density at radius 3 is 1.20 bits per heavy atom. The highest BCUT2D eigenvalue weighted by molar-refractivity contribution is 6.13. The molecule has 0 nitrogen and oxygen atoms in total. The summed E-state index contributed by atoms with van der Waals surface area (Å²) >= 11 is 0. The molecule has 6 aromatic rings. The van der Waals surface area contributed by atoms with Crippen LogP contribution < -0.4 is 0 Å². The lowest BCUT2D eigenvalue weighted by Crippen LogP contribution is -1.98. The molecule has 0 aliphatic heterocycles. The van der Waals surface area contributed by atoms with Gasteiger partial charge in [-0.3, -0.25) is 0 Å². The van der Waals surface area contributed by atoms with Crippen molar-refractivity contribution in [3.05, 3.63) is 131 Å². The number of hydrogen-bond donors (Lipinski definition) is 0. The minimum absolute atomic E-state index is 1.04. The number of fused-ring (bicyclic) bond motifs is 2. The van der Waals surface area contributed by atoms with Crippen LogP contribution in [0.25, 0.3) is 54.9 Å². The van der Waals surface area contributed by atoms with Crippen LogP contribution in [0.4, 0.5) is 0 Å². The van der Waals surface area contributed by atoms with E-state index >= 15 is 0 Å². The summed E-state index contributed by atoms with van der Waals surface area (Å²) in [5.41, 5.74) is 11.5. The molecular formula is C40H30. The third-order valence-electron chi connectivity index (χ3n) is 7.57. The zero-order valence-electron chi connectivity index (χ0n) is 23.4. The van der Waals surface area contributed by atoms with E-state index in [4.69, 9.17) is 0 Å². The Hall–Kier alpha value is -5.04. The molecule has 0 N–H and O–H groups in total. The summed E-state index contributed by atoms with van der Waals surface area (Å²) in [7, 11) is 0. The lowest BCUT2D eigenvalue weighted by atomic mass is 9.81. The van der Waals surface area contributed by atoms with Crippen LogP contribution in [0.1, 0.15) is 36.1 Å². The van der Waals surface area contributed by atoms with Gasteiger partial charge in [0.05, 0.1) is 0 Å². The fraction of sp³-hybridized carbons (Fsp3) is 0.100. The van der Waals surface area contributed by atoms with Crippen LogP contribution >= 0.6 is 0 Å². The second-order valence-corrected chi connectivity index (χ2v) is 10.3. The molecule has 190 valence electrons. The Kier molecular flexibility index (Phi) is 6.70. The molecule has 0 spiro atoms. The largest absolute Gasteiger partial charge is 0.101 e. The Morgan fingerprint density at radius 2 is 0.825 bits per heavy atom. The number of benzene rings is 6. The molecule has 6 aromatic carbocycles. The highest BCUT2D eigenvalue weighted by Gasteiger charge is 2.22. The first-order valence-electron chi connectivity index (χ1n) is 13.7. The Balaban J connectivity index is 1.85. The molecule has 0 unspecified atom stereocenters. The summed E-state index contributed by atoms with van der Waals surface area (Å²) < 4.78 is 0. The molecule has 0 bridgehead atoms. The predicted molar refractivity (Wildman–Crippen MR) is 172 cm³/mol. The normalized spacial score (nSPS) is 10.6. The van der Waals surface area contributed by atoms with Crippen molar-refractivity contribution in [1.82, 2.24) is 0 Å². The summed E-state index contributed by atoms with van der Waals surface area (Å²) in [5, 5.41) is 4.74. The third kappa shape index (κ3) is 4.45. The van der Waals surface area contributed by atoms with Gasteiger partial charge >= 0.3 is 0 Å². The Bertz CT molecular complexity index is 1860. The smallest absolute Gasteiger partial charge is 0.0409 e. The maximum Gasteiger partial charge on any atom is 0.0409 e. The van der Waals surface area contributed by atoms with Gasteiger partial charge in [0.2, 0.25) is 0 Å². The van der Waals surface area contributed by atoms with Crippen molar-refractivity contribution in [3.63, 3.8) is 0 Å². The van der Waals surface area contributed by atoms with Gasteiger partial charge in [0.15, 0.2) is 0 Å². The van der Waals surface area contributed by atoms with Crippen LogP contribution in [0.3, 0.4) is 0 Å². The molecule has 0 radical (unpaired) electrons. The standard InChI is InChI=1S/C40H30/c1-5-11-35-37(29-21-17-27(3)18-22-29)25-31-13-7-9-15-33(31)39(35)40-34-16-10-8-14-32(34)26-38(36(40)12-6-2)30-23-19-28(4)20-24-30/h7-10,13-26H,1-4H3. The number of rotatable bonds is 3. The molecule has 0 amide bonds. The molecule has 40 heavy (non-hydrogen) atoms.